The molecule has 146 valence electrons. The van der Waals surface area contributed by atoms with E-state index in [-0.39, 0.29) is 11.1 Å². The zero-order chi connectivity index (χ0) is 20.5. The molecule has 1 rings (SSSR count). The van der Waals surface area contributed by atoms with Gasteiger partial charge in [0.15, 0.2) is 5.76 Å². The Balaban J connectivity index is 3.62. The van der Waals surface area contributed by atoms with Crippen LogP contribution in [0.4, 0.5) is 26.3 Å². The van der Waals surface area contributed by atoms with E-state index in [9.17, 15) is 39.6 Å². The quantitative estimate of drug-likeness (QED) is 0.249. The fourth-order valence-electron chi connectivity index (χ4n) is 1.76. The smallest absolute Gasteiger partial charge is 0.465 e. The average molecular weight is 406 g/mol. The number of ether oxygens (including phenoxy) is 1. The topological polar surface area (TPSA) is 69.7 Å². The molecule has 5 nitrogen and oxygen atoms in total. The summed E-state index contributed by atoms with van der Waals surface area (Å²) < 4.78 is 107. The molecule has 0 aromatic heterocycles. The summed E-state index contributed by atoms with van der Waals surface area (Å²) in [6, 6.07) is 2.81. The first-order valence-electron chi connectivity index (χ1n) is 6.60. The zero-order valence-electron chi connectivity index (χ0n) is 13.4. The lowest BCUT2D eigenvalue weighted by molar-refractivity contribution is -0.0920. The molecule has 0 bridgehead atoms. The second-order valence-electron chi connectivity index (χ2n) is 4.96. The summed E-state index contributed by atoms with van der Waals surface area (Å²) in [7, 11) is -5.30. The van der Waals surface area contributed by atoms with Gasteiger partial charge >= 0.3 is 27.8 Å². The number of carbonyl (C=O) groups is 1. The van der Waals surface area contributed by atoms with Crippen molar-refractivity contribution >= 4 is 21.8 Å². The van der Waals surface area contributed by atoms with Crippen LogP contribution >= 0.6 is 0 Å². The molecule has 1 aromatic rings. The Morgan fingerprint density at radius 3 is 2.00 bits per heavy atom. The Bertz CT molecular complexity index is 836. The second-order valence-corrected chi connectivity index (χ2v) is 6.49. The molecule has 0 aliphatic rings. The van der Waals surface area contributed by atoms with Gasteiger partial charge in [-0.1, -0.05) is 6.07 Å². The highest BCUT2D eigenvalue weighted by Crippen LogP contribution is 2.37. The number of alkyl halides is 6. The summed E-state index contributed by atoms with van der Waals surface area (Å²) in [4.78, 5) is 11.4. The lowest BCUT2D eigenvalue weighted by Gasteiger charge is -2.18. The van der Waals surface area contributed by atoms with E-state index in [4.69, 9.17) is 0 Å². The van der Waals surface area contributed by atoms with Crippen molar-refractivity contribution in [3.05, 3.63) is 40.5 Å². The Hall–Kier alpha value is -2.24. The number of benzene rings is 1. The zero-order valence-corrected chi connectivity index (χ0v) is 14.3. The first kappa shape index (κ1) is 21.8. The Labute approximate surface area is 144 Å². The SMILES string of the molecule is COC(=O)c1ccc(/C(OS(=O)(=O)C(F)(F)F)=C(/C)C(F)(F)F)c(C)c1. The Morgan fingerprint density at radius 1 is 1.08 bits per heavy atom. The Morgan fingerprint density at radius 2 is 1.62 bits per heavy atom. The van der Waals surface area contributed by atoms with Gasteiger partial charge in [0, 0.05) is 5.56 Å². The van der Waals surface area contributed by atoms with Crippen molar-refractivity contribution in [2.75, 3.05) is 7.11 Å². The maximum absolute atomic E-state index is 13.0. The second kappa shape index (κ2) is 7.17. The van der Waals surface area contributed by atoms with E-state index in [0.717, 1.165) is 32.2 Å². The third-order valence-corrected chi connectivity index (χ3v) is 4.09. The van der Waals surface area contributed by atoms with Gasteiger partial charge in [-0.25, -0.2) is 4.79 Å². The van der Waals surface area contributed by atoms with Gasteiger partial charge in [-0.15, -0.1) is 0 Å². The summed E-state index contributed by atoms with van der Waals surface area (Å²) >= 11 is 0. The fraction of sp³-hybridized carbons (Fsp3) is 0.357. The van der Waals surface area contributed by atoms with Gasteiger partial charge < -0.3 is 8.92 Å². The summed E-state index contributed by atoms with van der Waals surface area (Å²) in [5, 5.41) is 0. The number of methoxy groups -OCH3 is 1. The van der Waals surface area contributed by atoms with Gasteiger partial charge in [0.2, 0.25) is 0 Å². The van der Waals surface area contributed by atoms with Gasteiger partial charge in [0.05, 0.1) is 18.2 Å². The lowest BCUT2D eigenvalue weighted by Crippen LogP contribution is -2.26. The molecule has 0 radical (unpaired) electrons. The predicted octanol–water partition coefficient (Wildman–Crippen LogP) is 3.94. The van der Waals surface area contributed by atoms with Crippen LogP contribution in [0.25, 0.3) is 5.76 Å². The number of aryl methyl sites for hydroxylation is 1. The number of hydrogen-bond donors (Lipinski definition) is 0. The summed E-state index contributed by atoms with van der Waals surface area (Å²) in [5.41, 5.74) is -8.44. The van der Waals surface area contributed by atoms with Crippen molar-refractivity contribution in [1.29, 1.82) is 0 Å². The minimum atomic E-state index is -6.35. The van der Waals surface area contributed by atoms with Gasteiger partial charge in [-0.3, -0.25) is 0 Å². The molecule has 0 unspecified atom stereocenters. The molecule has 26 heavy (non-hydrogen) atoms. The lowest BCUT2D eigenvalue weighted by atomic mass is 10.0. The number of rotatable bonds is 4. The molecule has 1 aromatic carbocycles. The molecular formula is C14H12F6O5S. The van der Waals surface area contributed by atoms with Crippen molar-refractivity contribution in [2.45, 2.75) is 25.5 Å². The van der Waals surface area contributed by atoms with Crippen LogP contribution in [0, 0.1) is 6.92 Å². The minimum Gasteiger partial charge on any atom is -0.465 e. The van der Waals surface area contributed by atoms with Crippen molar-refractivity contribution < 1.29 is 48.5 Å². The average Bonchev–Trinajstić information content (AvgIpc) is 2.49. The number of halogens is 6. The van der Waals surface area contributed by atoms with Crippen LogP contribution in [-0.2, 0) is 19.0 Å². The van der Waals surface area contributed by atoms with Crippen LogP contribution in [-0.4, -0.2) is 33.2 Å². The molecule has 0 aliphatic carbocycles. The van der Waals surface area contributed by atoms with Gasteiger partial charge in [0.25, 0.3) is 0 Å². The molecule has 0 amide bonds. The van der Waals surface area contributed by atoms with Crippen LogP contribution in [0.15, 0.2) is 23.8 Å². The highest BCUT2D eigenvalue weighted by Gasteiger charge is 2.50. The molecule has 0 saturated heterocycles. The monoisotopic (exact) mass is 406 g/mol. The molecule has 12 heteroatoms. The van der Waals surface area contributed by atoms with Crippen LogP contribution in [0.5, 0.6) is 0 Å². The molecule has 0 N–H and O–H groups in total. The van der Waals surface area contributed by atoms with E-state index in [1.54, 1.807) is 0 Å². The number of allylic oxidation sites excluding steroid dienone is 1. The number of esters is 1. The molecule has 0 aliphatic heterocycles. The van der Waals surface area contributed by atoms with Crippen molar-refractivity contribution in [3.8, 4) is 0 Å². The Kier molecular flexibility index (Phi) is 6.02. The maximum atomic E-state index is 13.0. The van der Waals surface area contributed by atoms with Crippen LogP contribution < -0.4 is 0 Å². The molecule has 0 fully saturated rings. The third-order valence-electron chi connectivity index (χ3n) is 3.13. The summed E-state index contributed by atoms with van der Waals surface area (Å²) in [6.45, 7) is 1.53. The molecule has 0 heterocycles. The summed E-state index contributed by atoms with van der Waals surface area (Å²) in [5.74, 6) is -2.38. The van der Waals surface area contributed by atoms with Crippen LogP contribution in [0.1, 0.15) is 28.4 Å². The first-order chi connectivity index (χ1) is 11.6. The molecule has 0 spiro atoms. The fourth-order valence-corrected chi connectivity index (χ4v) is 2.29. The molecule has 0 saturated carbocycles. The normalized spacial score (nSPS) is 13.9. The van der Waals surface area contributed by atoms with Crippen molar-refractivity contribution in [3.63, 3.8) is 0 Å². The number of hydrogen-bond acceptors (Lipinski definition) is 5. The van der Waals surface area contributed by atoms with Gasteiger partial charge in [0.1, 0.15) is 0 Å². The van der Waals surface area contributed by atoms with Crippen LogP contribution in [0.2, 0.25) is 0 Å². The van der Waals surface area contributed by atoms with E-state index in [2.05, 4.69) is 8.92 Å². The maximum Gasteiger partial charge on any atom is 0.534 e. The molecular weight excluding hydrogens is 394 g/mol. The standard InChI is InChI=1S/C14H12F6O5S/c1-7-6-9(12(21)24-3)4-5-10(7)11(8(2)13(15,16)17)25-26(22,23)14(18,19)20/h4-6H,1-3H3/b11-8+. The molecule has 0 atom stereocenters. The van der Waals surface area contributed by atoms with E-state index in [1.807, 2.05) is 0 Å². The highest BCUT2D eigenvalue weighted by molar-refractivity contribution is 7.87. The van der Waals surface area contributed by atoms with Gasteiger partial charge in [-0.05, 0) is 31.5 Å². The largest absolute Gasteiger partial charge is 0.534 e. The highest BCUT2D eigenvalue weighted by atomic mass is 32.2. The van der Waals surface area contributed by atoms with Gasteiger partial charge in [-0.2, -0.15) is 34.8 Å². The van der Waals surface area contributed by atoms with Crippen LogP contribution in [0.3, 0.4) is 0 Å². The summed E-state index contributed by atoms with van der Waals surface area (Å²) in [6.07, 6.45) is -5.16. The van der Waals surface area contributed by atoms with E-state index in [0.29, 0.717) is 6.92 Å². The third kappa shape index (κ3) is 4.68. The predicted molar refractivity (Wildman–Crippen MR) is 77.2 cm³/mol. The van der Waals surface area contributed by atoms with E-state index < -0.39 is 44.7 Å². The van der Waals surface area contributed by atoms with Crippen molar-refractivity contribution in [1.82, 2.24) is 0 Å². The van der Waals surface area contributed by atoms with E-state index >= 15 is 0 Å². The van der Waals surface area contributed by atoms with E-state index in [1.165, 1.54) is 0 Å². The number of carbonyl (C=O) groups excluding carboxylic acids is 1. The first-order valence-corrected chi connectivity index (χ1v) is 8.00. The minimum absolute atomic E-state index is 0.101. The van der Waals surface area contributed by atoms with Crippen molar-refractivity contribution in [2.24, 2.45) is 0 Å².